The molecule has 1 atom stereocenters. The Morgan fingerprint density at radius 1 is 1.28 bits per heavy atom. The van der Waals surface area contributed by atoms with Crippen molar-refractivity contribution in [2.24, 2.45) is 10.8 Å². The molecule has 1 heteroatoms. The third kappa shape index (κ3) is 2.57. The van der Waals surface area contributed by atoms with E-state index in [1.54, 1.807) is 12.2 Å². The van der Waals surface area contributed by atoms with Gasteiger partial charge in [-0.3, -0.25) is 4.79 Å². The van der Waals surface area contributed by atoms with Crippen LogP contribution in [0.5, 0.6) is 0 Å². The van der Waals surface area contributed by atoms with Gasteiger partial charge in [0.05, 0.1) is 0 Å². The van der Waals surface area contributed by atoms with Gasteiger partial charge in [0.2, 0.25) is 0 Å². The van der Waals surface area contributed by atoms with Crippen LogP contribution in [0.4, 0.5) is 0 Å². The van der Waals surface area contributed by atoms with E-state index in [4.69, 9.17) is 12.8 Å². The average molecular weight is 240 g/mol. The SMILES string of the molecule is C#CCC1(C#C)CCC(=O)C(CC=C)(CC=C)C1. The summed E-state index contributed by atoms with van der Waals surface area (Å²) >= 11 is 0. The molecule has 0 saturated heterocycles. The summed E-state index contributed by atoms with van der Waals surface area (Å²) in [7, 11) is 0. The molecule has 0 aromatic heterocycles. The zero-order valence-electron chi connectivity index (χ0n) is 10.9. The largest absolute Gasteiger partial charge is 0.299 e. The second-order valence-corrected chi connectivity index (χ2v) is 5.17. The second-order valence-electron chi connectivity index (χ2n) is 5.17. The molecular formula is C17H20O. The Kier molecular flexibility index (Phi) is 4.57. The highest BCUT2D eigenvalue weighted by molar-refractivity contribution is 5.86. The van der Waals surface area contributed by atoms with E-state index in [1.165, 1.54) is 0 Å². The number of terminal acetylenes is 2. The van der Waals surface area contributed by atoms with Gasteiger partial charge in [-0.25, -0.2) is 0 Å². The van der Waals surface area contributed by atoms with Crippen LogP contribution in [0.2, 0.25) is 0 Å². The summed E-state index contributed by atoms with van der Waals surface area (Å²) in [6, 6.07) is 0. The summed E-state index contributed by atoms with van der Waals surface area (Å²) in [5.41, 5.74) is -0.778. The number of ketones is 1. The molecule has 1 aliphatic carbocycles. The molecule has 1 unspecified atom stereocenters. The van der Waals surface area contributed by atoms with Gasteiger partial charge in [0.25, 0.3) is 0 Å². The molecule has 0 aliphatic heterocycles. The molecule has 0 aromatic rings. The summed E-state index contributed by atoms with van der Waals surface area (Å²) in [4.78, 5) is 12.3. The van der Waals surface area contributed by atoms with Gasteiger partial charge in [0.1, 0.15) is 5.78 Å². The van der Waals surface area contributed by atoms with Crippen molar-refractivity contribution >= 4 is 5.78 Å². The molecule has 0 N–H and O–H groups in total. The Bertz CT molecular complexity index is 420. The molecule has 1 aliphatic rings. The van der Waals surface area contributed by atoms with Gasteiger partial charge in [0.15, 0.2) is 0 Å². The van der Waals surface area contributed by atoms with E-state index in [9.17, 15) is 4.79 Å². The third-order valence-electron chi connectivity index (χ3n) is 3.92. The Morgan fingerprint density at radius 2 is 1.89 bits per heavy atom. The first-order valence-electron chi connectivity index (χ1n) is 6.24. The highest BCUT2D eigenvalue weighted by atomic mass is 16.1. The molecule has 0 heterocycles. The van der Waals surface area contributed by atoms with E-state index < -0.39 is 5.41 Å². The van der Waals surface area contributed by atoms with E-state index in [-0.39, 0.29) is 11.2 Å². The van der Waals surface area contributed by atoms with E-state index >= 15 is 0 Å². The van der Waals surface area contributed by atoms with Crippen LogP contribution in [0.25, 0.3) is 0 Å². The molecule has 0 amide bonds. The normalized spacial score (nSPS) is 25.8. The molecule has 94 valence electrons. The fraction of sp³-hybridized carbons (Fsp3) is 0.471. The molecule has 1 saturated carbocycles. The Hall–Kier alpha value is -1.73. The Balaban J connectivity index is 3.11. The fourth-order valence-corrected chi connectivity index (χ4v) is 2.98. The molecule has 0 spiro atoms. The monoisotopic (exact) mass is 240 g/mol. The van der Waals surface area contributed by atoms with Crippen molar-refractivity contribution in [1.29, 1.82) is 0 Å². The van der Waals surface area contributed by atoms with Crippen molar-refractivity contribution in [3.8, 4) is 24.7 Å². The average Bonchev–Trinajstić information content (AvgIpc) is 2.35. The maximum atomic E-state index is 12.3. The number of carbonyl (C=O) groups excluding carboxylic acids is 1. The Morgan fingerprint density at radius 3 is 2.33 bits per heavy atom. The standard InChI is InChI=1S/C17H20O/c1-5-10-16(8-4)13-9-15(18)17(14-16,11-6-2)12-7-3/h1,4,6-7H,2-3,9-14H2. The van der Waals surface area contributed by atoms with Crippen LogP contribution < -0.4 is 0 Å². The minimum atomic E-state index is -0.440. The molecule has 0 bridgehead atoms. The van der Waals surface area contributed by atoms with Gasteiger partial charge < -0.3 is 0 Å². The number of Topliss-reactive ketones (excluding diaryl/α,β-unsaturated/α-hetero) is 1. The summed E-state index contributed by atoms with van der Waals surface area (Å²) in [6.07, 6.45) is 18.4. The van der Waals surface area contributed by atoms with Crippen molar-refractivity contribution in [2.75, 3.05) is 0 Å². The maximum absolute atomic E-state index is 12.3. The van der Waals surface area contributed by atoms with Crippen LogP contribution >= 0.6 is 0 Å². The number of allylic oxidation sites excluding steroid dienone is 2. The minimum absolute atomic E-state index is 0.269. The summed E-state index contributed by atoms with van der Waals surface area (Å²) < 4.78 is 0. The predicted octanol–water partition coefficient (Wildman–Crippen LogP) is 3.52. The van der Waals surface area contributed by atoms with Crippen LogP contribution in [0.15, 0.2) is 25.3 Å². The highest BCUT2D eigenvalue weighted by Crippen LogP contribution is 2.50. The van der Waals surface area contributed by atoms with E-state index in [1.807, 2.05) is 0 Å². The lowest BCUT2D eigenvalue weighted by molar-refractivity contribution is -0.134. The van der Waals surface area contributed by atoms with Gasteiger partial charge in [-0.15, -0.1) is 31.9 Å². The van der Waals surface area contributed by atoms with E-state index in [0.717, 1.165) is 0 Å². The lowest BCUT2D eigenvalue weighted by Gasteiger charge is -2.43. The molecule has 1 fully saturated rings. The first-order valence-corrected chi connectivity index (χ1v) is 6.24. The maximum Gasteiger partial charge on any atom is 0.139 e. The van der Waals surface area contributed by atoms with Crippen LogP contribution in [0.1, 0.15) is 38.5 Å². The minimum Gasteiger partial charge on any atom is -0.299 e. The topological polar surface area (TPSA) is 17.1 Å². The summed E-state index contributed by atoms with van der Waals surface area (Å²) in [5, 5.41) is 0. The van der Waals surface area contributed by atoms with Crippen molar-refractivity contribution in [1.82, 2.24) is 0 Å². The van der Waals surface area contributed by atoms with Gasteiger partial charge in [-0.1, -0.05) is 18.1 Å². The number of carbonyl (C=O) groups is 1. The predicted molar refractivity (Wildman–Crippen MR) is 75.6 cm³/mol. The van der Waals surface area contributed by atoms with Gasteiger partial charge in [-0.2, -0.15) is 0 Å². The van der Waals surface area contributed by atoms with Crippen molar-refractivity contribution in [3.05, 3.63) is 25.3 Å². The number of hydrogen-bond donors (Lipinski definition) is 0. The van der Waals surface area contributed by atoms with Crippen LogP contribution in [-0.2, 0) is 4.79 Å². The van der Waals surface area contributed by atoms with Gasteiger partial charge in [0, 0.05) is 23.7 Å². The molecule has 0 radical (unpaired) electrons. The van der Waals surface area contributed by atoms with Gasteiger partial charge in [-0.05, 0) is 25.7 Å². The summed E-state index contributed by atoms with van der Waals surface area (Å²) in [6.45, 7) is 7.52. The van der Waals surface area contributed by atoms with Crippen LogP contribution in [0.3, 0.4) is 0 Å². The van der Waals surface area contributed by atoms with Crippen molar-refractivity contribution in [3.63, 3.8) is 0 Å². The van der Waals surface area contributed by atoms with Gasteiger partial charge >= 0.3 is 0 Å². The summed E-state index contributed by atoms with van der Waals surface area (Å²) in [5.74, 6) is 5.78. The molecule has 1 rings (SSSR count). The molecule has 1 nitrogen and oxygen atoms in total. The molecule has 0 aromatic carbocycles. The smallest absolute Gasteiger partial charge is 0.139 e. The van der Waals surface area contributed by atoms with Crippen molar-refractivity contribution in [2.45, 2.75) is 38.5 Å². The lowest BCUT2D eigenvalue weighted by Crippen LogP contribution is -2.42. The highest BCUT2D eigenvalue weighted by Gasteiger charge is 2.47. The molecule has 18 heavy (non-hydrogen) atoms. The Labute approximate surface area is 110 Å². The van der Waals surface area contributed by atoms with E-state index in [2.05, 4.69) is 25.0 Å². The van der Waals surface area contributed by atoms with Crippen LogP contribution in [0, 0.1) is 35.5 Å². The fourth-order valence-electron chi connectivity index (χ4n) is 2.98. The zero-order valence-corrected chi connectivity index (χ0v) is 10.9. The zero-order chi connectivity index (χ0) is 13.6. The van der Waals surface area contributed by atoms with E-state index in [0.29, 0.717) is 38.5 Å². The molecular weight excluding hydrogens is 220 g/mol. The number of hydrogen-bond acceptors (Lipinski definition) is 1. The van der Waals surface area contributed by atoms with Crippen LogP contribution in [-0.4, -0.2) is 5.78 Å². The lowest BCUT2D eigenvalue weighted by atomic mass is 9.58. The first kappa shape index (κ1) is 14.3. The number of rotatable bonds is 5. The van der Waals surface area contributed by atoms with Crippen molar-refractivity contribution < 1.29 is 4.79 Å². The second kappa shape index (κ2) is 5.74. The quantitative estimate of drug-likeness (QED) is 0.531. The first-order chi connectivity index (χ1) is 8.58. The third-order valence-corrected chi connectivity index (χ3v) is 3.92.